The standard InChI is InChI=1S/C16H18FNO/c17-16-8-7-12(14-5-1-2-6-15(14)16)10-18-11-13-4-3-9-19-13/h1-2,5-8,13,18H,3-4,9-11H2. The SMILES string of the molecule is Fc1ccc(CNCC2CCCO2)c2ccccc12. The van der Waals surface area contributed by atoms with Crippen molar-refractivity contribution in [2.24, 2.45) is 0 Å². The Morgan fingerprint density at radius 3 is 2.79 bits per heavy atom. The summed E-state index contributed by atoms with van der Waals surface area (Å²) in [7, 11) is 0. The van der Waals surface area contributed by atoms with Gasteiger partial charge in [-0.25, -0.2) is 4.39 Å². The fourth-order valence-corrected chi connectivity index (χ4v) is 2.65. The summed E-state index contributed by atoms with van der Waals surface area (Å²) in [6.07, 6.45) is 2.63. The average molecular weight is 259 g/mol. The second-order valence-corrected chi connectivity index (χ2v) is 5.02. The van der Waals surface area contributed by atoms with Crippen molar-refractivity contribution in [3.05, 3.63) is 47.8 Å². The quantitative estimate of drug-likeness (QED) is 0.910. The number of nitrogens with one attached hydrogen (secondary N) is 1. The highest BCUT2D eigenvalue weighted by atomic mass is 19.1. The van der Waals surface area contributed by atoms with Gasteiger partial charge < -0.3 is 10.1 Å². The molecule has 1 unspecified atom stereocenters. The summed E-state index contributed by atoms with van der Waals surface area (Å²) in [6, 6.07) is 11.0. The van der Waals surface area contributed by atoms with Crippen molar-refractivity contribution in [3.63, 3.8) is 0 Å². The fraction of sp³-hybridized carbons (Fsp3) is 0.375. The van der Waals surface area contributed by atoms with Crippen molar-refractivity contribution < 1.29 is 9.13 Å². The van der Waals surface area contributed by atoms with Crippen LogP contribution in [-0.2, 0) is 11.3 Å². The van der Waals surface area contributed by atoms with E-state index in [0.29, 0.717) is 11.5 Å². The third kappa shape index (κ3) is 2.77. The molecule has 0 saturated carbocycles. The van der Waals surface area contributed by atoms with Crippen LogP contribution in [0.2, 0.25) is 0 Å². The van der Waals surface area contributed by atoms with Gasteiger partial charge >= 0.3 is 0 Å². The van der Waals surface area contributed by atoms with Crippen LogP contribution in [0.15, 0.2) is 36.4 Å². The van der Waals surface area contributed by atoms with Crippen molar-refractivity contribution >= 4 is 10.8 Å². The summed E-state index contributed by atoms with van der Waals surface area (Å²) in [5, 5.41) is 5.09. The van der Waals surface area contributed by atoms with Crippen molar-refractivity contribution in [2.75, 3.05) is 13.2 Å². The van der Waals surface area contributed by atoms with Gasteiger partial charge in [-0.3, -0.25) is 0 Å². The largest absolute Gasteiger partial charge is 0.377 e. The van der Waals surface area contributed by atoms with Gasteiger partial charge in [-0.1, -0.05) is 30.3 Å². The minimum Gasteiger partial charge on any atom is -0.377 e. The number of rotatable bonds is 4. The van der Waals surface area contributed by atoms with Gasteiger partial charge in [0.15, 0.2) is 0 Å². The molecule has 100 valence electrons. The molecule has 0 radical (unpaired) electrons. The lowest BCUT2D eigenvalue weighted by Crippen LogP contribution is -2.25. The maximum atomic E-state index is 13.7. The fourth-order valence-electron chi connectivity index (χ4n) is 2.65. The molecule has 3 rings (SSSR count). The highest BCUT2D eigenvalue weighted by Gasteiger charge is 2.14. The smallest absolute Gasteiger partial charge is 0.131 e. The summed E-state index contributed by atoms with van der Waals surface area (Å²) < 4.78 is 19.3. The van der Waals surface area contributed by atoms with E-state index in [9.17, 15) is 4.39 Å². The van der Waals surface area contributed by atoms with Crippen molar-refractivity contribution in [3.8, 4) is 0 Å². The molecule has 3 heteroatoms. The van der Waals surface area contributed by atoms with Crippen LogP contribution in [0.4, 0.5) is 4.39 Å². The van der Waals surface area contributed by atoms with Gasteiger partial charge in [0.05, 0.1) is 6.10 Å². The van der Waals surface area contributed by atoms with Gasteiger partial charge in [0.2, 0.25) is 0 Å². The number of fused-ring (bicyclic) bond motifs is 1. The van der Waals surface area contributed by atoms with E-state index >= 15 is 0 Å². The molecule has 1 heterocycles. The van der Waals surface area contributed by atoms with Gasteiger partial charge in [0.25, 0.3) is 0 Å². The summed E-state index contributed by atoms with van der Waals surface area (Å²) in [5.41, 5.74) is 1.13. The number of hydrogen-bond acceptors (Lipinski definition) is 2. The van der Waals surface area contributed by atoms with Crippen LogP contribution in [0.3, 0.4) is 0 Å². The van der Waals surface area contributed by atoms with E-state index in [1.165, 1.54) is 0 Å². The van der Waals surface area contributed by atoms with Crippen LogP contribution in [0.1, 0.15) is 18.4 Å². The molecule has 1 saturated heterocycles. The van der Waals surface area contributed by atoms with Crippen LogP contribution in [-0.4, -0.2) is 19.3 Å². The molecule has 1 N–H and O–H groups in total. The topological polar surface area (TPSA) is 21.3 Å². The lowest BCUT2D eigenvalue weighted by atomic mass is 10.0. The van der Waals surface area contributed by atoms with Crippen LogP contribution >= 0.6 is 0 Å². The molecule has 0 bridgehead atoms. The van der Waals surface area contributed by atoms with E-state index in [0.717, 1.165) is 43.5 Å². The first kappa shape index (κ1) is 12.6. The van der Waals surface area contributed by atoms with Gasteiger partial charge in [-0.2, -0.15) is 0 Å². The third-order valence-electron chi connectivity index (χ3n) is 3.67. The Hall–Kier alpha value is -1.45. The van der Waals surface area contributed by atoms with Crippen molar-refractivity contribution in [1.29, 1.82) is 0 Å². The van der Waals surface area contributed by atoms with E-state index in [4.69, 9.17) is 4.74 Å². The van der Waals surface area contributed by atoms with Crippen molar-refractivity contribution in [2.45, 2.75) is 25.5 Å². The predicted octanol–water partition coefficient (Wildman–Crippen LogP) is 3.25. The van der Waals surface area contributed by atoms with Crippen LogP contribution in [0.5, 0.6) is 0 Å². The summed E-state index contributed by atoms with van der Waals surface area (Å²) in [6.45, 7) is 2.50. The lowest BCUT2D eigenvalue weighted by Gasteiger charge is -2.12. The second kappa shape index (κ2) is 5.68. The monoisotopic (exact) mass is 259 g/mol. The van der Waals surface area contributed by atoms with Crippen LogP contribution in [0.25, 0.3) is 10.8 Å². The van der Waals surface area contributed by atoms with E-state index in [1.807, 2.05) is 30.3 Å². The summed E-state index contributed by atoms with van der Waals surface area (Å²) in [4.78, 5) is 0. The Morgan fingerprint density at radius 1 is 1.16 bits per heavy atom. The molecule has 1 atom stereocenters. The Balaban J connectivity index is 1.72. The Bertz CT molecular complexity index is 564. The molecule has 2 aromatic rings. The normalized spacial score (nSPS) is 19.1. The summed E-state index contributed by atoms with van der Waals surface area (Å²) >= 11 is 0. The van der Waals surface area contributed by atoms with Gasteiger partial charge in [-0.05, 0) is 29.9 Å². The molecule has 0 aliphatic carbocycles. The average Bonchev–Trinajstić information content (AvgIpc) is 2.95. The molecule has 1 aliphatic heterocycles. The van der Waals surface area contributed by atoms with E-state index in [-0.39, 0.29) is 5.82 Å². The molecular weight excluding hydrogens is 241 g/mol. The molecule has 1 fully saturated rings. The molecule has 2 nitrogen and oxygen atoms in total. The molecule has 0 aromatic heterocycles. The number of ether oxygens (including phenoxy) is 1. The maximum Gasteiger partial charge on any atom is 0.131 e. The van der Waals surface area contributed by atoms with Crippen molar-refractivity contribution in [1.82, 2.24) is 5.32 Å². The maximum absolute atomic E-state index is 13.7. The first-order valence-corrected chi connectivity index (χ1v) is 6.83. The predicted molar refractivity (Wildman–Crippen MR) is 74.6 cm³/mol. The number of halogens is 1. The zero-order chi connectivity index (χ0) is 13.1. The first-order valence-electron chi connectivity index (χ1n) is 6.83. The Morgan fingerprint density at radius 2 is 2.00 bits per heavy atom. The third-order valence-corrected chi connectivity index (χ3v) is 3.67. The van der Waals surface area contributed by atoms with E-state index in [1.54, 1.807) is 6.07 Å². The number of benzene rings is 2. The first-order chi connectivity index (χ1) is 9.34. The van der Waals surface area contributed by atoms with Gasteiger partial charge in [-0.15, -0.1) is 0 Å². The van der Waals surface area contributed by atoms with E-state index in [2.05, 4.69) is 5.32 Å². The molecule has 0 amide bonds. The van der Waals surface area contributed by atoms with Gasteiger partial charge in [0.1, 0.15) is 5.82 Å². The Kier molecular flexibility index (Phi) is 3.76. The lowest BCUT2D eigenvalue weighted by molar-refractivity contribution is 0.110. The number of hydrogen-bond donors (Lipinski definition) is 1. The van der Waals surface area contributed by atoms with Crippen LogP contribution < -0.4 is 5.32 Å². The minimum atomic E-state index is -0.154. The Labute approximate surface area is 112 Å². The summed E-state index contributed by atoms with van der Waals surface area (Å²) in [5.74, 6) is -0.154. The molecule has 0 spiro atoms. The minimum absolute atomic E-state index is 0.154. The highest BCUT2D eigenvalue weighted by molar-refractivity contribution is 5.86. The van der Waals surface area contributed by atoms with E-state index < -0.39 is 0 Å². The zero-order valence-electron chi connectivity index (χ0n) is 10.9. The molecule has 1 aliphatic rings. The molecular formula is C16H18FNO. The van der Waals surface area contributed by atoms with Gasteiger partial charge in [0, 0.05) is 25.1 Å². The zero-order valence-corrected chi connectivity index (χ0v) is 10.9. The van der Waals surface area contributed by atoms with Crippen LogP contribution in [0, 0.1) is 5.82 Å². The second-order valence-electron chi connectivity index (χ2n) is 5.02. The molecule has 2 aromatic carbocycles. The highest BCUT2D eigenvalue weighted by Crippen LogP contribution is 2.21. The molecule has 19 heavy (non-hydrogen) atoms.